The van der Waals surface area contributed by atoms with Crippen LogP contribution in [0.1, 0.15) is 45.1 Å². The van der Waals surface area contributed by atoms with Crippen molar-refractivity contribution in [1.29, 1.82) is 0 Å². The van der Waals surface area contributed by atoms with E-state index in [0.717, 1.165) is 19.1 Å². The van der Waals surface area contributed by atoms with E-state index in [4.69, 9.17) is 0 Å². The molecule has 0 aromatic heterocycles. The number of benzene rings is 1. The molecule has 0 radical (unpaired) electrons. The van der Waals surface area contributed by atoms with Gasteiger partial charge in [0.25, 0.3) is 0 Å². The van der Waals surface area contributed by atoms with Crippen molar-refractivity contribution in [3.05, 3.63) is 28.2 Å². The molecule has 0 amide bonds. The average Bonchev–Trinajstić information content (AvgIpc) is 2.87. The lowest BCUT2D eigenvalue weighted by molar-refractivity contribution is 0.636. The molecule has 0 saturated carbocycles. The second-order valence-electron chi connectivity index (χ2n) is 5.35. The number of hydrogen-bond acceptors (Lipinski definition) is 2. The monoisotopic (exact) mass is 324 g/mol. The lowest BCUT2D eigenvalue weighted by Gasteiger charge is -2.28. The van der Waals surface area contributed by atoms with Gasteiger partial charge in [0.2, 0.25) is 0 Å². The number of rotatable bonds is 6. The zero-order valence-electron chi connectivity index (χ0n) is 12.1. The van der Waals surface area contributed by atoms with Crippen molar-refractivity contribution in [1.82, 2.24) is 5.32 Å². The Morgan fingerprint density at radius 1 is 1.37 bits per heavy atom. The molecule has 1 heterocycles. The van der Waals surface area contributed by atoms with Gasteiger partial charge >= 0.3 is 0 Å². The van der Waals surface area contributed by atoms with E-state index in [2.05, 4.69) is 58.2 Å². The summed E-state index contributed by atoms with van der Waals surface area (Å²) >= 11 is 3.60. The SMILES string of the molecule is CCCNCc1cc(Br)ccc1N1CCCC1CC. The first kappa shape index (κ1) is 14.9. The molecule has 1 aliphatic heterocycles. The van der Waals surface area contributed by atoms with E-state index < -0.39 is 0 Å². The fourth-order valence-corrected chi connectivity index (χ4v) is 3.36. The number of nitrogens with one attached hydrogen (secondary N) is 1. The predicted molar refractivity (Wildman–Crippen MR) is 86.8 cm³/mol. The molecule has 1 unspecified atom stereocenters. The summed E-state index contributed by atoms with van der Waals surface area (Å²) < 4.78 is 1.18. The van der Waals surface area contributed by atoms with Crippen LogP contribution in [0.2, 0.25) is 0 Å². The lowest BCUT2D eigenvalue weighted by Crippen LogP contribution is -2.30. The highest BCUT2D eigenvalue weighted by Gasteiger charge is 2.24. The standard InChI is InChI=1S/C16H25BrN2/c1-3-9-18-12-13-11-14(17)7-8-16(13)19-10-5-6-15(19)4-2/h7-8,11,15,18H,3-6,9-10,12H2,1-2H3. The van der Waals surface area contributed by atoms with Gasteiger partial charge in [-0.25, -0.2) is 0 Å². The van der Waals surface area contributed by atoms with Crippen LogP contribution in [0.15, 0.2) is 22.7 Å². The topological polar surface area (TPSA) is 15.3 Å². The van der Waals surface area contributed by atoms with Gasteiger partial charge in [0, 0.05) is 29.3 Å². The van der Waals surface area contributed by atoms with Gasteiger partial charge in [-0.3, -0.25) is 0 Å². The first-order valence-electron chi connectivity index (χ1n) is 7.52. The molecule has 0 aliphatic carbocycles. The third-order valence-corrected chi connectivity index (χ3v) is 4.43. The summed E-state index contributed by atoms with van der Waals surface area (Å²) in [7, 11) is 0. The number of hydrogen-bond donors (Lipinski definition) is 1. The van der Waals surface area contributed by atoms with Crippen LogP contribution in [0.5, 0.6) is 0 Å². The largest absolute Gasteiger partial charge is 0.368 e. The molecule has 1 fully saturated rings. The molecule has 1 N–H and O–H groups in total. The summed E-state index contributed by atoms with van der Waals surface area (Å²) in [4.78, 5) is 2.61. The van der Waals surface area contributed by atoms with Crippen molar-refractivity contribution in [2.24, 2.45) is 0 Å². The molecule has 3 heteroatoms. The van der Waals surface area contributed by atoms with Gasteiger partial charge < -0.3 is 10.2 Å². The summed E-state index contributed by atoms with van der Waals surface area (Å²) in [5.74, 6) is 0. The molecule has 1 saturated heterocycles. The molecule has 2 rings (SSSR count). The molecule has 106 valence electrons. The Balaban J connectivity index is 2.18. The van der Waals surface area contributed by atoms with Gasteiger partial charge in [-0.05, 0) is 56.0 Å². The van der Waals surface area contributed by atoms with Crippen LogP contribution in [0, 0.1) is 0 Å². The van der Waals surface area contributed by atoms with Crippen LogP contribution < -0.4 is 10.2 Å². The van der Waals surface area contributed by atoms with Crippen molar-refractivity contribution in [2.45, 2.75) is 52.1 Å². The summed E-state index contributed by atoms with van der Waals surface area (Å²) in [6, 6.07) is 7.44. The molecule has 1 aromatic rings. The van der Waals surface area contributed by atoms with Gasteiger partial charge in [-0.1, -0.05) is 29.8 Å². The summed E-state index contributed by atoms with van der Waals surface area (Å²) in [6.45, 7) is 7.78. The van der Waals surface area contributed by atoms with Crippen LogP contribution in [-0.4, -0.2) is 19.1 Å². The Morgan fingerprint density at radius 2 is 2.21 bits per heavy atom. The molecule has 1 atom stereocenters. The zero-order valence-corrected chi connectivity index (χ0v) is 13.7. The second-order valence-corrected chi connectivity index (χ2v) is 6.26. The van der Waals surface area contributed by atoms with Crippen LogP contribution in [0.3, 0.4) is 0 Å². The Bertz CT molecular complexity index is 406. The van der Waals surface area contributed by atoms with E-state index in [9.17, 15) is 0 Å². The fraction of sp³-hybridized carbons (Fsp3) is 0.625. The predicted octanol–water partition coefficient (Wildman–Crippen LogP) is 4.33. The van der Waals surface area contributed by atoms with Crippen molar-refractivity contribution >= 4 is 21.6 Å². The van der Waals surface area contributed by atoms with Gasteiger partial charge in [-0.2, -0.15) is 0 Å². The first-order chi connectivity index (χ1) is 9.26. The molecular formula is C16H25BrN2. The van der Waals surface area contributed by atoms with E-state index in [-0.39, 0.29) is 0 Å². The third-order valence-electron chi connectivity index (χ3n) is 3.94. The Hall–Kier alpha value is -0.540. The highest BCUT2D eigenvalue weighted by molar-refractivity contribution is 9.10. The van der Waals surface area contributed by atoms with Gasteiger partial charge in [0.15, 0.2) is 0 Å². The minimum atomic E-state index is 0.728. The van der Waals surface area contributed by atoms with Crippen LogP contribution in [0.25, 0.3) is 0 Å². The molecule has 19 heavy (non-hydrogen) atoms. The van der Waals surface area contributed by atoms with E-state index in [1.165, 1.54) is 48.0 Å². The number of halogens is 1. The molecule has 1 aliphatic rings. The number of anilines is 1. The summed E-state index contributed by atoms with van der Waals surface area (Å²) in [5, 5.41) is 3.53. The van der Waals surface area contributed by atoms with E-state index in [1.807, 2.05) is 0 Å². The van der Waals surface area contributed by atoms with E-state index in [1.54, 1.807) is 0 Å². The molecule has 1 aromatic carbocycles. The smallest absolute Gasteiger partial charge is 0.0415 e. The Labute approximate surface area is 125 Å². The lowest BCUT2D eigenvalue weighted by atomic mass is 10.1. The van der Waals surface area contributed by atoms with Crippen LogP contribution >= 0.6 is 15.9 Å². The average molecular weight is 325 g/mol. The zero-order chi connectivity index (χ0) is 13.7. The van der Waals surface area contributed by atoms with Crippen molar-refractivity contribution in [3.8, 4) is 0 Å². The maximum absolute atomic E-state index is 3.60. The quantitative estimate of drug-likeness (QED) is 0.783. The van der Waals surface area contributed by atoms with Crippen molar-refractivity contribution in [2.75, 3.05) is 18.0 Å². The Kier molecular flexibility index (Phi) is 5.71. The molecule has 2 nitrogen and oxygen atoms in total. The van der Waals surface area contributed by atoms with Crippen LogP contribution in [-0.2, 0) is 6.54 Å². The molecule has 0 spiro atoms. The first-order valence-corrected chi connectivity index (χ1v) is 8.31. The van der Waals surface area contributed by atoms with E-state index in [0.29, 0.717) is 0 Å². The maximum Gasteiger partial charge on any atom is 0.0415 e. The number of nitrogens with zero attached hydrogens (tertiary/aromatic N) is 1. The Morgan fingerprint density at radius 3 is 2.95 bits per heavy atom. The maximum atomic E-state index is 3.60. The van der Waals surface area contributed by atoms with Gasteiger partial charge in [0.1, 0.15) is 0 Å². The summed E-state index contributed by atoms with van der Waals surface area (Å²) in [5.41, 5.74) is 2.85. The van der Waals surface area contributed by atoms with E-state index >= 15 is 0 Å². The molecular weight excluding hydrogens is 300 g/mol. The third kappa shape index (κ3) is 3.73. The fourth-order valence-electron chi connectivity index (χ4n) is 2.95. The minimum Gasteiger partial charge on any atom is -0.368 e. The van der Waals surface area contributed by atoms with Gasteiger partial charge in [0.05, 0.1) is 0 Å². The normalized spacial score (nSPS) is 19.1. The van der Waals surface area contributed by atoms with Gasteiger partial charge in [-0.15, -0.1) is 0 Å². The summed E-state index contributed by atoms with van der Waals surface area (Å²) in [6.07, 6.45) is 5.10. The highest BCUT2D eigenvalue weighted by atomic mass is 79.9. The highest BCUT2D eigenvalue weighted by Crippen LogP contribution is 2.31. The minimum absolute atomic E-state index is 0.728. The van der Waals surface area contributed by atoms with Crippen LogP contribution in [0.4, 0.5) is 5.69 Å². The van der Waals surface area contributed by atoms with Crippen molar-refractivity contribution in [3.63, 3.8) is 0 Å². The second kappa shape index (κ2) is 7.30. The van der Waals surface area contributed by atoms with Crippen molar-refractivity contribution < 1.29 is 0 Å². The molecule has 0 bridgehead atoms.